The number of hydroxylamine groups is 1. The molecule has 0 atom stereocenters. The summed E-state index contributed by atoms with van der Waals surface area (Å²) in [5, 5.41) is 3.75. The number of alkyl halides is 3. The van der Waals surface area contributed by atoms with Gasteiger partial charge in [-0.3, -0.25) is 0 Å². The lowest BCUT2D eigenvalue weighted by molar-refractivity contribution is -0.138. The van der Waals surface area contributed by atoms with Crippen LogP contribution in [0.1, 0.15) is 23.6 Å². The number of halogens is 4. The smallest absolute Gasteiger partial charge is 0.440 e. The molecule has 0 bridgehead atoms. The fourth-order valence-corrected chi connectivity index (χ4v) is 2.12. The third-order valence-corrected chi connectivity index (χ3v) is 3.52. The van der Waals surface area contributed by atoms with Crippen LogP contribution < -0.4 is 10.3 Å². The van der Waals surface area contributed by atoms with Crippen molar-refractivity contribution >= 4 is 11.8 Å². The van der Waals surface area contributed by atoms with Gasteiger partial charge >= 0.3 is 12.3 Å². The summed E-state index contributed by atoms with van der Waals surface area (Å²) in [6.07, 6.45) is -5.43. The van der Waals surface area contributed by atoms with E-state index in [4.69, 9.17) is 9.68 Å². The Morgan fingerprint density at radius 3 is 2.57 bits per heavy atom. The highest BCUT2D eigenvalue weighted by molar-refractivity contribution is 5.98. The molecule has 0 spiro atoms. The van der Waals surface area contributed by atoms with E-state index < -0.39 is 30.3 Å². The van der Waals surface area contributed by atoms with Crippen molar-refractivity contribution in [3.05, 3.63) is 65.0 Å². The van der Waals surface area contributed by atoms with Crippen LogP contribution in [0, 0.1) is 5.82 Å². The topological polar surface area (TPSA) is 69.2 Å². The van der Waals surface area contributed by atoms with Crippen LogP contribution in [0.3, 0.4) is 0 Å². The molecule has 0 aliphatic carbocycles. The Kier molecular flexibility index (Phi) is 6.80. The number of oxime groups is 1. The number of carbonyl (C=O) groups excluding carboxylic acids is 1. The summed E-state index contributed by atoms with van der Waals surface area (Å²) in [6, 6.07) is 8.65. The van der Waals surface area contributed by atoms with Crippen LogP contribution in [0.5, 0.6) is 5.75 Å². The highest BCUT2D eigenvalue weighted by atomic mass is 19.4. The Labute approximate surface area is 157 Å². The fourth-order valence-electron chi connectivity index (χ4n) is 2.12. The van der Waals surface area contributed by atoms with E-state index in [0.717, 1.165) is 19.2 Å². The van der Waals surface area contributed by atoms with Gasteiger partial charge in [-0.1, -0.05) is 23.4 Å². The number of benzene rings is 2. The summed E-state index contributed by atoms with van der Waals surface area (Å²) in [6.45, 7) is 1.11. The normalized spacial score (nSPS) is 11.7. The number of ether oxygens (including phenoxy) is 1. The van der Waals surface area contributed by atoms with Crippen LogP contribution in [0.25, 0.3) is 0 Å². The monoisotopic (exact) mass is 400 g/mol. The minimum Gasteiger partial charge on any atom is -0.451 e. The lowest BCUT2D eigenvalue weighted by Crippen LogP contribution is -2.27. The first-order valence-corrected chi connectivity index (χ1v) is 7.84. The molecule has 150 valence electrons. The zero-order valence-electron chi connectivity index (χ0n) is 14.8. The van der Waals surface area contributed by atoms with Crippen molar-refractivity contribution in [2.75, 3.05) is 7.11 Å². The van der Waals surface area contributed by atoms with Gasteiger partial charge in [-0.2, -0.15) is 18.7 Å². The third kappa shape index (κ3) is 5.60. The lowest BCUT2D eigenvalue weighted by Gasteiger charge is -2.12. The maximum atomic E-state index is 13.7. The maximum Gasteiger partial charge on any atom is 0.440 e. The molecule has 0 heterocycles. The second-order valence-electron chi connectivity index (χ2n) is 5.45. The predicted octanol–water partition coefficient (Wildman–Crippen LogP) is 4.44. The number of hydrogen-bond acceptors (Lipinski definition) is 5. The van der Waals surface area contributed by atoms with E-state index in [-0.39, 0.29) is 17.0 Å². The molecule has 0 aliphatic heterocycles. The molecule has 0 radical (unpaired) electrons. The summed E-state index contributed by atoms with van der Waals surface area (Å²) in [5.74, 6) is -1.06. The first-order valence-electron chi connectivity index (χ1n) is 7.84. The summed E-state index contributed by atoms with van der Waals surface area (Å²) < 4.78 is 56.9. The number of methoxy groups -OCH3 is 1. The van der Waals surface area contributed by atoms with Crippen LogP contribution >= 0.6 is 0 Å². The van der Waals surface area contributed by atoms with Gasteiger partial charge in [0.15, 0.2) is 11.6 Å². The highest BCUT2D eigenvalue weighted by Crippen LogP contribution is 2.32. The van der Waals surface area contributed by atoms with Crippen molar-refractivity contribution in [2.45, 2.75) is 19.7 Å². The molecule has 2 rings (SSSR count). The van der Waals surface area contributed by atoms with Gasteiger partial charge in [0.1, 0.15) is 6.61 Å². The van der Waals surface area contributed by atoms with Crippen LogP contribution in [-0.2, 0) is 22.4 Å². The Balaban J connectivity index is 2.09. The van der Waals surface area contributed by atoms with Crippen molar-refractivity contribution in [3.63, 3.8) is 0 Å². The molecule has 10 heteroatoms. The average Bonchev–Trinajstić information content (AvgIpc) is 2.66. The van der Waals surface area contributed by atoms with Crippen LogP contribution in [0.2, 0.25) is 0 Å². The Morgan fingerprint density at radius 1 is 1.18 bits per heavy atom. The Hall–Kier alpha value is -3.30. The SMILES string of the molecule is COC(=O)NOc1cc(C(C)=NOCc2ccccc2C(F)(F)F)ccc1F. The van der Waals surface area contributed by atoms with Gasteiger partial charge in [0.25, 0.3) is 0 Å². The lowest BCUT2D eigenvalue weighted by atomic mass is 10.1. The zero-order chi connectivity index (χ0) is 20.7. The molecule has 2 aromatic carbocycles. The second-order valence-corrected chi connectivity index (χ2v) is 5.45. The average molecular weight is 400 g/mol. The first kappa shape index (κ1) is 21.0. The molecule has 0 aromatic heterocycles. The minimum atomic E-state index is -4.51. The molecule has 0 saturated carbocycles. The van der Waals surface area contributed by atoms with Crippen LogP contribution in [0.15, 0.2) is 47.6 Å². The second kappa shape index (κ2) is 9.07. The molecular formula is C18H16F4N2O4. The molecule has 0 saturated heterocycles. The number of amides is 1. The van der Waals surface area contributed by atoms with Gasteiger partial charge in [-0.15, -0.1) is 0 Å². The molecule has 1 amide bonds. The third-order valence-electron chi connectivity index (χ3n) is 3.52. The van der Waals surface area contributed by atoms with E-state index in [1.54, 1.807) is 0 Å². The largest absolute Gasteiger partial charge is 0.451 e. The molecule has 0 fully saturated rings. The Morgan fingerprint density at radius 2 is 1.89 bits per heavy atom. The summed E-state index contributed by atoms with van der Waals surface area (Å²) >= 11 is 0. The highest BCUT2D eigenvalue weighted by Gasteiger charge is 2.33. The predicted molar refractivity (Wildman–Crippen MR) is 91.0 cm³/mol. The maximum absolute atomic E-state index is 13.7. The standard InChI is InChI=1S/C18H16F4N2O4/c1-11(12-7-8-15(19)16(9-12)28-24-17(25)26-2)23-27-10-13-5-3-4-6-14(13)18(20,21)22/h3-9H,10H2,1-2H3,(H,24,25). The zero-order valence-corrected chi connectivity index (χ0v) is 14.8. The number of nitrogens with one attached hydrogen (secondary N) is 1. The van der Waals surface area contributed by atoms with E-state index in [1.165, 1.54) is 37.3 Å². The molecule has 2 aromatic rings. The van der Waals surface area contributed by atoms with Gasteiger partial charge in [-0.25, -0.2) is 9.18 Å². The van der Waals surface area contributed by atoms with Crippen LogP contribution in [0.4, 0.5) is 22.4 Å². The van der Waals surface area contributed by atoms with E-state index in [9.17, 15) is 22.4 Å². The fraction of sp³-hybridized carbons (Fsp3) is 0.222. The van der Waals surface area contributed by atoms with E-state index in [1.807, 2.05) is 5.48 Å². The molecular weight excluding hydrogens is 384 g/mol. The minimum absolute atomic E-state index is 0.0723. The molecule has 0 unspecified atom stereocenters. The van der Waals surface area contributed by atoms with Crippen molar-refractivity contribution in [2.24, 2.45) is 5.16 Å². The van der Waals surface area contributed by atoms with E-state index >= 15 is 0 Å². The van der Waals surface area contributed by atoms with Gasteiger partial charge < -0.3 is 14.4 Å². The van der Waals surface area contributed by atoms with E-state index in [0.29, 0.717) is 5.56 Å². The number of carbonyl (C=O) groups is 1. The van der Waals surface area contributed by atoms with Gasteiger partial charge in [0, 0.05) is 11.1 Å². The van der Waals surface area contributed by atoms with Gasteiger partial charge in [0.05, 0.1) is 18.4 Å². The van der Waals surface area contributed by atoms with Crippen LogP contribution in [-0.4, -0.2) is 18.9 Å². The molecule has 28 heavy (non-hydrogen) atoms. The molecule has 1 N–H and O–H groups in total. The summed E-state index contributed by atoms with van der Waals surface area (Å²) in [7, 11) is 1.11. The first-order chi connectivity index (χ1) is 13.2. The quantitative estimate of drug-likeness (QED) is 0.442. The number of hydrogen-bond donors (Lipinski definition) is 1. The summed E-state index contributed by atoms with van der Waals surface area (Å²) in [5.41, 5.74) is 1.60. The number of rotatable bonds is 6. The van der Waals surface area contributed by atoms with Crippen molar-refractivity contribution < 1.29 is 36.8 Å². The van der Waals surface area contributed by atoms with E-state index in [2.05, 4.69) is 9.89 Å². The van der Waals surface area contributed by atoms with Crippen molar-refractivity contribution in [1.82, 2.24) is 5.48 Å². The van der Waals surface area contributed by atoms with Crippen molar-refractivity contribution in [1.29, 1.82) is 0 Å². The van der Waals surface area contributed by atoms with Gasteiger partial charge in [-0.05, 0) is 31.2 Å². The van der Waals surface area contributed by atoms with Gasteiger partial charge in [0.2, 0.25) is 0 Å². The molecule has 0 aliphatic rings. The Bertz CT molecular complexity index is 869. The van der Waals surface area contributed by atoms with Crippen molar-refractivity contribution in [3.8, 4) is 5.75 Å². The number of nitrogens with zero attached hydrogens (tertiary/aromatic N) is 1. The molecule has 6 nitrogen and oxygen atoms in total. The summed E-state index contributed by atoms with van der Waals surface area (Å²) in [4.78, 5) is 20.8.